The van der Waals surface area contributed by atoms with E-state index in [9.17, 15) is 0 Å². The first kappa shape index (κ1) is 14.3. The summed E-state index contributed by atoms with van der Waals surface area (Å²) in [5.41, 5.74) is 2.47. The normalized spacial score (nSPS) is 10.4. The van der Waals surface area contributed by atoms with Crippen LogP contribution in [0.25, 0.3) is 0 Å². The van der Waals surface area contributed by atoms with Gasteiger partial charge in [0.1, 0.15) is 17.5 Å². The summed E-state index contributed by atoms with van der Waals surface area (Å²) >= 11 is 0. The Kier molecular flexibility index (Phi) is 4.56. The Morgan fingerprint density at radius 3 is 2.30 bits per heavy atom. The molecule has 0 saturated carbocycles. The lowest BCUT2D eigenvalue weighted by Crippen LogP contribution is -2.13. The largest absolute Gasteiger partial charge is 0.373 e. The molecule has 0 spiro atoms. The average molecular weight is 270 g/mol. The van der Waals surface area contributed by atoms with Crippen molar-refractivity contribution in [3.63, 3.8) is 0 Å². The summed E-state index contributed by atoms with van der Waals surface area (Å²) in [6.45, 7) is 4.23. The van der Waals surface area contributed by atoms with Gasteiger partial charge in [0.25, 0.3) is 0 Å². The molecule has 0 bridgehead atoms. The molecule has 0 fully saturated rings. The van der Waals surface area contributed by atoms with Crippen molar-refractivity contribution < 1.29 is 0 Å². The number of nitrogens with one attached hydrogen (secondary N) is 1. The molecule has 0 aliphatic heterocycles. The summed E-state index contributed by atoms with van der Waals surface area (Å²) in [5.74, 6) is 2.61. The summed E-state index contributed by atoms with van der Waals surface area (Å²) < 4.78 is 0. The van der Waals surface area contributed by atoms with Crippen molar-refractivity contribution >= 4 is 17.3 Å². The molecule has 0 unspecified atom stereocenters. The molecule has 2 aromatic rings. The molecular weight excluding hydrogens is 248 g/mol. The van der Waals surface area contributed by atoms with Crippen LogP contribution in [0.5, 0.6) is 0 Å². The first-order valence-corrected chi connectivity index (χ1v) is 7.06. The lowest BCUT2D eigenvalue weighted by Gasteiger charge is -2.20. The molecule has 106 valence electrons. The van der Waals surface area contributed by atoms with Gasteiger partial charge < -0.3 is 10.2 Å². The van der Waals surface area contributed by atoms with Crippen molar-refractivity contribution in [1.29, 1.82) is 0 Å². The van der Waals surface area contributed by atoms with Gasteiger partial charge in [-0.15, -0.1) is 0 Å². The Labute approximate surface area is 120 Å². The minimum atomic E-state index is 0.825. The SMILES string of the molecule is CCc1ccc(N(C)c2cc(NC)nc(CC)n2)cc1. The molecule has 0 saturated heterocycles. The van der Waals surface area contributed by atoms with Crippen molar-refractivity contribution in [3.8, 4) is 0 Å². The van der Waals surface area contributed by atoms with Crippen molar-refractivity contribution in [2.75, 3.05) is 24.3 Å². The highest BCUT2D eigenvalue weighted by Crippen LogP contribution is 2.24. The van der Waals surface area contributed by atoms with Crippen LogP contribution in [-0.4, -0.2) is 24.1 Å². The van der Waals surface area contributed by atoms with Gasteiger partial charge in [0.05, 0.1) is 0 Å². The van der Waals surface area contributed by atoms with Crippen LogP contribution in [0.4, 0.5) is 17.3 Å². The number of hydrogen-bond donors (Lipinski definition) is 1. The van der Waals surface area contributed by atoms with Crippen molar-refractivity contribution in [2.45, 2.75) is 26.7 Å². The zero-order valence-electron chi connectivity index (χ0n) is 12.6. The molecule has 1 aromatic heterocycles. The van der Waals surface area contributed by atoms with Gasteiger partial charge in [0.15, 0.2) is 0 Å². The van der Waals surface area contributed by atoms with E-state index in [1.54, 1.807) is 0 Å². The van der Waals surface area contributed by atoms with Crippen LogP contribution < -0.4 is 10.2 Å². The minimum Gasteiger partial charge on any atom is -0.373 e. The van der Waals surface area contributed by atoms with Crippen LogP contribution in [-0.2, 0) is 12.8 Å². The first-order valence-electron chi connectivity index (χ1n) is 7.06. The highest BCUT2D eigenvalue weighted by molar-refractivity contribution is 5.62. The molecule has 4 heteroatoms. The molecule has 0 aliphatic rings. The molecule has 0 aliphatic carbocycles. The van der Waals surface area contributed by atoms with Gasteiger partial charge in [-0.1, -0.05) is 26.0 Å². The van der Waals surface area contributed by atoms with Crippen LogP contribution in [0.3, 0.4) is 0 Å². The molecule has 4 nitrogen and oxygen atoms in total. The standard InChI is InChI=1S/C16H22N4/c1-5-12-7-9-13(10-8-12)20(4)16-11-15(17-3)18-14(6-2)19-16/h7-11H,5-6H2,1-4H3,(H,17,18,19). The van der Waals surface area contributed by atoms with E-state index in [0.717, 1.165) is 36.0 Å². The summed E-state index contributed by atoms with van der Waals surface area (Å²) in [7, 11) is 3.91. The molecule has 1 N–H and O–H groups in total. The highest BCUT2D eigenvalue weighted by Gasteiger charge is 2.09. The smallest absolute Gasteiger partial charge is 0.138 e. The van der Waals surface area contributed by atoms with E-state index in [4.69, 9.17) is 0 Å². The van der Waals surface area contributed by atoms with Gasteiger partial charge in [0, 0.05) is 32.3 Å². The summed E-state index contributed by atoms with van der Waals surface area (Å²) in [4.78, 5) is 11.1. The summed E-state index contributed by atoms with van der Waals surface area (Å²) in [5, 5.41) is 3.09. The topological polar surface area (TPSA) is 41.0 Å². The number of rotatable bonds is 5. The molecule has 2 rings (SSSR count). The van der Waals surface area contributed by atoms with E-state index in [1.165, 1.54) is 5.56 Å². The maximum absolute atomic E-state index is 4.59. The maximum Gasteiger partial charge on any atom is 0.138 e. The van der Waals surface area contributed by atoms with Crippen LogP contribution >= 0.6 is 0 Å². The molecule has 1 aromatic carbocycles. The Balaban J connectivity index is 2.33. The third-order valence-electron chi connectivity index (χ3n) is 3.41. The number of anilines is 3. The van der Waals surface area contributed by atoms with E-state index < -0.39 is 0 Å². The molecule has 0 radical (unpaired) electrons. The van der Waals surface area contributed by atoms with Crippen LogP contribution in [0, 0.1) is 0 Å². The third-order valence-corrected chi connectivity index (χ3v) is 3.41. The van der Waals surface area contributed by atoms with Gasteiger partial charge in [-0.2, -0.15) is 0 Å². The fourth-order valence-electron chi connectivity index (χ4n) is 2.03. The van der Waals surface area contributed by atoms with Gasteiger partial charge in [-0.3, -0.25) is 0 Å². The Morgan fingerprint density at radius 1 is 1.05 bits per heavy atom. The predicted octanol–water partition coefficient (Wildman–Crippen LogP) is 3.41. The summed E-state index contributed by atoms with van der Waals surface area (Å²) in [6.07, 6.45) is 1.88. The monoisotopic (exact) mass is 270 g/mol. The molecule has 0 amide bonds. The second-order valence-corrected chi connectivity index (χ2v) is 4.71. The average Bonchev–Trinajstić information content (AvgIpc) is 2.53. The molecule has 0 atom stereocenters. The molecule has 1 heterocycles. The Morgan fingerprint density at radius 2 is 1.75 bits per heavy atom. The van der Waals surface area contributed by atoms with Gasteiger partial charge in [-0.05, 0) is 24.1 Å². The second-order valence-electron chi connectivity index (χ2n) is 4.71. The van der Waals surface area contributed by atoms with Gasteiger partial charge in [0.2, 0.25) is 0 Å². The van der Waals surface area contributed by atoms with Crippen LogP contribution in [0.2, 0.25) is 0 Å². The van der Waals surface area contributed by atoms with Gasteiger partial charge >= 0.3 is 0 Å². The number of benzene rings is 1. The number of aromatic nitrogens is 2. The van der Waals surface area contributed by atoms with E-state index >= 15 is 0 Å². The molecular formula is C16H22N4. The van der Waals surface area contributed by atoms with Crippen LogP contribution in [0.1, 0.15) is 25.2 Å². The van der Waals surface area contributed by atoms with E-state index in [-0.39, 0.29) is 0 Å². The van der Waals surface area contributed by atoms with Gasteiger partial charge in [-0.25, -0.2) is 9.97 Å². The van der Waals surface area contributed by atoms with Crippen LogP contribution in [0.15, 0.2) is 30.3 Å². The zero-order valence-corrected chi connectivity index (χ0v) is 12.6. The molecule has 20 heavy (non-hydrogen) atoms. The van der Waals surface area contributed by atoms with Crippen molar-refractivity contribution in [2.24, 2.45) is 0 Å². The Hall–Kier alpha value is -2.10. The van der Waals surface area contributed by atoms with E-state index in [0.29, 0.717) is 0 Å². The zero-order chi connectivity index (χ0) is 14.5. The number of aryl methyl sites for hydroxylation is 2. The Bertz CT molecular complexity index is 541. The van der Waals surface area contributed by atoms with Crippen molar-refractivity contribution in [1.82, 2.24) is 9.97 Å². The predicted molar refractivity (Wildman–Crippen MR) is 84.8 cm³/mol. The fraction of sp³-hybridized carbons (Fsp3) is 0.375. The summed E-state index contributed by atoms with van der Waals surface area (Å²) in [6, 6.07) is 10.5. The second kappa shape index (κ2) is 6.37. The number of hydrogen-bond acceptors (Lipinski definition) is 4. The lowest BCUT2D eigenvalue weighted by atomic mass is 10.1. The lowest BCUT2D eigenvalue weighted by molar-refractivity contribution is 0.927. The van der Waals surface area contributed by atoms with E-state index in [2.05, 4.69) is 58.3 Å². The number of nitrogens with zero attached hydrogens (tertiary/aromatic N) is 3. The first-order chi connectivity index (χ1) is 9.67. The maximum atomic E-state index is 4.59. The third kappa shape index (κ3) is 3.07. The van der Waals surface area contributed by atoms with Crippen molar-refractivity contribution in [3.05, 3.63) is 41.7 Å². The highest BCUT2D eigenvalue weighted by atomic mass is 15.2. The quantitative estimate of drug-likeness (QED) is 0.904. The minimum absolute atomic E-state index is 0.825. The fourth-order valence-corrected chi connectivity index (χ4v) is 2.03. The van der Waals surface area contributed by atoms with E-state index in [1.807, 2.05) is 20.2 Å².